The van der Waals surface area contributed by atoms with Gasteiger partial charge >= 0.3 is 24.0 Å². The molecule has 2 fully saturated rings. The summed E-state index contributed by atoms with van der Waals surface area (Å²) < 4.78 is 80.6. The minimum absolute atomic E-state index is 0.114. The molecular formula is C9H7F6NO3. The third kappa shape index (κ3) is 1.80. The number of hydrogen-bond acceptors (Lipinski definition) is 4. The Bertz CT molecular complexity index is 415. The fourth-order valence-corrected chi connectivity index (χ4v) is 2.29. The Hall–Kier alpha value is -1.32. The molecule has 19 heavy (non-hydrogen) atoms. The van der Waals surface area contributed by atoms with Gasteiger partial charge in [0.15, 0.2) is 0 Å². The molecule has 0 aliphatic carbocycles. The summed E-state index contributed by atoms with van der Waals surface area (Å²) in [7, 11) is 0. The Kier molecular flexibility index (Phi) is 2.85. The highest BCUT2D eigenvalue weighted by Gasteiger charge is 2.82. The molecule has 0 aromatic heterocycles. The van der Waals surface area contributed by atoms with Gasteiger partial charge in [0, 0.05) is 19.4 Å². The Morgan fingerprint density at radius 1 is 1.11 bits per heavy atom. The van der Waals surface area contributed by atoms with Gasteiger partial charge in [0.1, 0.15) is 11.8 Å². The molecule has 2 rings (SSSR count). The van der Waals surface area contributed by atoms with E-state index in [0.717, 1.165) is 0 Å². The lowest BCUT2D eigenvalue weighted by Gasteiger charge is -2.40. The molecule has 0 radical (unpaired) electrons. The van der Waals surface area contributed by atoms with Crippen molar-refractivity contribution in [3.05, 3.63) is 0 Å². The predicted molar refractivity (Wildman–Crippen MR) is 45.7 cm³/mol. The quantitative estimate of drug-likeness (QED) is 0.500. The van der Waals surface area contributed by atoms with Gasteiger partial charge in [0.25, 0.3) is 0 Å². The van der Waals surface area contributed by atoms with Crippen molar-refractivity contribution >= 4 is 11.8 Å². The van der Waals surface area contributed by atoms with E-state index in [1.165, 1.54) is 0 Å². The summed E-state index contributed by atoms with van der Waals surface area (Å²) in [6.07, 6.45) is -12.9. The molecule has 4 nitrogen and oxygen atoms in total. The fourth-order valence-electron chi connectivity index (χ4n) is 2.29. The van der Waals surface area contributed by atoms with E-state index in [4.69, 9.17) is 0 Å². The molecule has 2 aliphatic rings. The van der Waals surface area contributed by atoms with Crippen LogP contribution in [0.15, 0.2) is 0 Å². The van der Waals surface area contributed by atoms with Crippen molar-refractivity contribution in [3.63, 3.8) is 0 Å². The number of fused-ring (bicyclic) bond motifs is 1. The first kappa shape index (κ1) is 14.1. The van der Waals surface area contributed by atoms with Gasteiger partial charge in [-0.3, -0.25) is 9.59 Å². The zero-order valence-corrected chi connectivity index (χ0v) is 9.14. The molecule has 2 heterocycles. The third-order valence-electron chi connectivity index (χ3n) is 3.12. The van der Waals surface area contributed by atoms with Crippen molar-refractivity contribution in [2.24, 2.45) is 0 Å². The van der Waals surface area contributed by atoms with Crippen LogP contribution in [0.5, 0.6) is 0 Å². The number of Topliss-reactive ketones (excluding diaryl/α,β-unsaturated/α-hetero) is 1. The molecule has 1 atom stereocenters. The van der Waals surface area contributed by atoms with Crippen molar-refractivity contribution in [2.45, 2.75) is 37.0 Å². The highest BCUT2D eigenvalue weighted by Crippen LogP contribution is 2.53. The molecule has 0 saturated carbocycles. The number of ketones is 1. The average molecular weight is 291 g/mol. The Morgan fingerprint density at radius 2 is 1.63 bits per heavy atom. The number of nitrogens with zero attached hydrogens (tertiary/aromatic N) is 1. The minimum Gasteiger partial charge on any atom is -0.423 e. The SMILES string of the molecule is O=C1CCN2[C@@H](C1)C(=O)OC2(C(F)(F)F)C(F)(F)F. The standard InChI is InChI=1S/C9H7F6NO3/c10-8(11,12)7(9(13,14)15)16-2-1-4(17)3-5(16)6(18)19-7/h5H,1-3H2/t5-/m0/s1. The minimum atomic E-state index is -5.84. The Morgan fingerprint density at radius 3 is 2.11 bits per heavy atom. The summed E-state index contributed by atoms with van der Waals surface area (Å²) in [6, 6.07) is -1.83. The molecule has 2 aliphatic heterocycles. The highest BCUT2D eigenvalue weighted by molar-refractivity contribution is 5.89. The monoisotopic (exact) mass is 291 g/mol. The van der Waals surface area contributed by atoms with Crippen LogP contribution in [0.3, 0.4) is 0 Å². The van der Waals surface area contributed by atoms with Crippen LogP contribution in [0.25, 0.3) is 0 Å². The maximum absolute atomic E-state index is 12.8. The molecular weight excluding hydrogens is 284 g/mol. The van der Waals surface area contributed by atoms with E-state index < -0.39 is 55.3 Å². The van der Waals surface area contributed by atoms with Crippen molar-refractivity contribution in [1.29, 1.82) is 0 Å². The molecule has 0 unspecified atom stereocenters. The topological polar surface area (TPSA) is 46.6 Å². The number of carbonyl (C=O) groups excluding carboxylic acids is 2. The summed E-state index contributed by atoms with van der Waals surface area (Å²) in [5.41, 5.74) is -4.65. The van der Waals surface area contributed by atoms with Crippen LogP contribution in [-0.2, 0) is 14.3 Å². The summed E-state index contributed by atoms with van der Waals surface area (Å²) in [6.45, 7) is -0.825. The molecule has 0 aromatic rings. The smallest absolute Gasteiger partial charge is 0.423 e. The summed E-state index contributed by atoms with van der Waals surface area (Å²) >= 11 is 0. The van der Waals surface area contributed by atoms with Crippen LogP contribution in [-0.4, -0.2) is 47.3 Å². The second-order valence-electron chi connectivity index (χ2n) is 4.26. The van der Waals surface area contributed by atoms with E-state index in [1.807, 2.05) is 0 Å². The van der Waals surface area contributed by atoms with Gasteiger partial charge in [-0.1, -0.05) is 0 Å². The van der Waals surface area contributed by atoms with Crippen LogP contribution in [0, 0.1) is 0 Å². The van der Waals surface area contributed by atoms with Crippen LogP contribution in [0.4, 0.5) is 26.3 Å². The van der Waals surface area contributed by atoms with E-state index in [9.17, 15) is 35.9 Å². The average Bonchev–Trinajstić information content (AvgIpc) is 2.51. The largest absolute Gasteiger partial charge is 0.453 e. The highest BCUT2D eigenvalue weighted by atomic mass is 19.4. The number of ether oxygens (including phenoxy) is 1. The van der Waals surface area contributed by atoms with E-state index >= 15 is 0 Å². The van der Waals surface area contributed by atoms with Gasteiger partial charge in [-0.15, -0.1) is 0 Å². The normalized spacial score (nSPS) is 28.2. The zero-order chi connectivity index (χ0) is 14.6. The Balaban J connectivity index is 2.52. The fraction of sp³-hybridized carbons (Fsp3) is 0.778. The Labute approximate surface area is 102 Å². The van der Waals surface area contributed by atoms with Crippen LogP contribution >= 0.6 is 0 Å². The second-order valence-corrected chi connectivity index (χ2v) is 4.26. The lowest BCUT2D eigenvalue weighted by atomic mass is 9.99. The summed E-state index contributed by atoms with van der Waals surface area (Å²) in [5, 5.41) is 0. The van der Waals surface area contributed by atoms with Crippen molar-refractivity contribution in [1.82, 2.24) is 4.90 Å². The van der Waals surface area contributed by atoms with Crippen LogP contribution < -0.4 is 0 Å². The number of carbonyl (C=O) groups is 2. The number of hydrogen-bond donors (Lipinski definition) is 0. The predicted octanol–water partition coefficient (Wildman–Crippen LogP) is 1.40. The molecule has 0 N–H and O–H groups in total. The number of halogens is 6. The van der Waals surface area contributed by atoms with E-state index in [0.29, 0.717) is 0 Å². The molecule has 108 valence electrons. The zero-order valence-electron chi connectivity index (χ0n) is 9.14. The number of cyclic esters (lactones) is 1. The molecule has 10 heteroatoms. The van der Waals surface area contributed by atoms with Gasteiger partial charge in [-0.25, -0.2) is 4.90 Å². The van der Waals surface area contributed by atoms with Gasteiger partial charge in [0.05, 0.1) is 0 Å². The van der Waals surface area contributed by atoms with Crippen molar-refractivity contribution in [3.8, 4) is 0 Å². The maximum atomic E-state index is 12.8. The van der Waals surface area contributed by atoms with Gasteiger partial charge in [-0.05, 0) is 0 Å². The van der Waals surface area contributed by atoms with E-state index in [2.05, 4.69) is 4.74 Å². The van der Waals surface area contributed by atoms with Gasteiger partial charge in [0.2, 0.25) is 0 Å². The molecule has 2 saturated heterocycles. The second kappa shape index (κ2) is 3.84. The van der Waals surface area contributed by atoms with E-state index in [1.54, 1.807) is 0 Å². The molecule has 0 aromatic carbocycles. The lowest BCUT2D eigenvalue weighted by Crippen LogP contribution is -2.67. The van der Waals surface area contributed by atoms with Crippen molar-refractivity contribution < 1.29 is 40.7 Å². The lowest BCUT2D eigenvalue weighted by molar-refractivity contribution is -0.402. The number of piperidine rings is 1. The maximum Gasteiger partial charge on any atom is 0.453 e. The first-order chi connectivity index (χ1) is 8.50. The van der Waals surface area contributed by atoms with Gasteiger partial charge in [-0.2, -0.15) is 26.3 Å². The molecule has 0 spiro atoms. The summed E-state index contributed by atoms with van der Waals surface area (Å²) in [4.78, 5) is 22.2. The van der Waals surface area contributed by atoms with Crippen LogP contribution in [0.1, 0.15) is 12.8 Å². The first-order valence-corrected chi connectivity index (χ1v) is 5.15. The van der Waals surface area contributed by atoms with Crippen LogP contribution in [0.2, 0.25) is 0 Å². The number of alkyl halides is 6. The van der Waals surface area contributed by atoms with Gasteiger partial charge < -0.3 is 4.74 Å². The molecule has 0 amide bonds. The number of rotatable bonds is 0. The molecule has 0 bridgehead atoms. The first-order valence-electron chi connectivity index (χ1n) is 5.15. The van der Waals surface area contributed by atoms with Crippen molar-refractivity contribution in [2.75, 3.05) is 6.54 Å². The summed E-state index contributed by atoms with van der Waals surface area (Å²) in [5.74, 6) is -2.25. The van der Waals surface area contributed by atoms with E-state index in [-0.39, 0.29) is 4.90 Å². The number of esters is 1. The third-order valence-corrected chi connectivity index (χ3v) is 3.12.